The molecule has 4 amide bonds. The normalized spacial score (nSPS) is 18.9. The monoisotopic (exact) mass is 1770 g/mol. The molecule has 0 radical (unpaired) electrons. The number of hydroxylamine groups is 1. The largest absolute Gasteiger partial charge is 0.467 e. The standard InChI is InChI=1S/C84H130N4O36/c1-55-56(2)76(119-62(8)92)81(123-75(55)80(99)101-13)121-71-22-18-64(52-114-59(5)89)50-67(71)78(97)85-24-28-104-32-36-108-40-44-110-42-38-106-34-30-102-26-14-16-66(94)20-21-69(87-73(96)54-113-47-46-112-48-49-116-88-83(100)124-84(10,11)12)70(95)17-15-27-103-31-35-107-39-43-111-45-41-109-37-33-105-29-25-86-79(98)68-51-65(53-115-60(6)90)19-23-72(68)122-82-77(120-63(9)93)74(118-61(7)91)57(3)58(4)117-82/h18-19,22-23,50-51,55-58,69,74-77,81-82H,14-17,20-21,24-49,52-54H2,1-13H3,(H,85,97)(H,86,98)(H,87,96)(H,88,100)/t55-,56-,57+,58+,69-,74-,75-,76+,77+,81+,82-/m0/s1. The zero-order valence-electron chi connectivity index (χ0n) is 73.8. The number of Topliss-reactive ketones (excluding diaryl/α,β-unsaturated/α-hetero) is 2. The molecule has 40 nitrogen and oxygen atoms in total. The van der Waals surface area contributed by atoms with Crippen molar-refractivity contribution < 1.29 is 171 Å². The van der Waals surface area contributed by atoms with Gasteiger partial charge in [-0.25, -0.2) is 9.59 Å². The molecule has 4 rings (SSSR count). The molecule has 702 valence electrons. The Kier molecular flexibility index (Phi) is 54.2. The predicted octanol–water partition coefficient (Wildman–Crippen LogP) is 4.70. The summed E-state index contributed by atoms with van der Waals surface area (Å²) < 4.78 is 128. The average molecular weight is 1770 g/mol. The Bertz CT molecular complexity index is 3530. The molecule has 2 aromatic rings. The number of amides is 4. The van der Waals surface area contributed by atoms with Gasteiger partial charge in [0.25, 0.3) is 11.8 Å². The molecule has 2 aliphatic heterocycles. The van der Waals surface area contributed by atoms with E-state index in [9.17, 15) is 57.5 Å². The van der Waals surface area contributed by atoms with Crippen molar-refractivity contribution in [2.45, 2.75) is 190 Å². The van der Waals surface area contributed by atoms with Crippen LogP contribution in [-0.4, -0.2) is 311 Å². The number of carbonyl (C=O) groups is 12. The summed E-state index contributed by atoms with van der Waals surface area (Å²) in [5.74, 6) is -6.69. The van der Waals surface area contributed by atoms with Gasteiger partial charge in [0, 0.05) is 92.0 Å². The highest BCUT2D eigenvalue weighted by Crippen LogP contribution is 2.37. The topological polar surface area (TPSA) is 474 Å². The quantitative estimate of drug-likeness (QED) is 0.0302. The lowest BCUT2D eigenvalue weighted by Crippen LogP contribution is -2.57. The van der Waals surface area contributed by atoms with Gasteiger partial charge in [0.1, 0.15) is 48.8 Å². The average Bonchev–Trinajstić information content (AvgIpc) is 0.791. The molecule has 0 spiro atoms. The Hall–Kier alpha value is -8.72. The highest BCUT2D eigenvalue weighted by Gasteiger charge is 2.50. The van der Waals surface area contributed by atoms with Crippen molar-refractivity contribution in [1.29, 1.82) is 0 Å². The first-order valence-corrected chi connectivity index (χ1v) is 41.6. The summed E-state index contributed by atoms with van der Waals surface area (Å²) in [4.78, 5) is 156. The molecule has 0 aromatic heterocycles. The van der Waals surface area contributed by atoms with Gasteiger partial charge in [-0.05, 0) is 88.3 Å². The SMILES string of the molecule is COC(=O)[C@H]1O[C@@H](Oc2ccc(COC(C)=O)cc2C(=O)NCCOCCOCCOCCOCCOCCCC(=O)CC[C@H](NC(=O)COCCOCCONC(=O)OC(C)(C)C)C(=O)CCCOCCOCCOCCOCCOCCNC(=O)c2cc(COC(C)=O)ccc2O[C@@H]2O[C@H](C)[C@@H](C)[C@H](OC(C)=O)[C@H]2OC(C)=O)[C@H](OC(C)=O)[C@@H](C)[C@@H]1C. The van der Waals surface area contributed by atoms with Gasteiger partial charge >= 0.3 is 41.9 Å². The zero-order chi connectivity index (χ0) is 91.0. The molecule has 4 N–H and O–H groups in total. The van der Waals surface area contributed by atoms with E-state index in [1.165, 1.54) is 66.0 Å². The van der Waals surface area contributed by atoms with Gasteiger partial charge in [-0.2, -0.15) is 5.48 Å². The van der Waals surface area contributed by atoms with Crippen LogP contribution in [0.3, 0.4) is 0 Å². The van der Waals surface area contributed by atoms with Crippen LogP contribution < -0.4 is 30.9 Å². The minimum atomic E-state index is -1.29. The number of benzene rings is 2. The van der Waals surface area contributed by atoms with Crippen molar-refractivity contribution in [3.63, 3.8) is 0 Å². The first-order chi connectivity index (χ1) is 59.4. The van der Waals surface area contributed by atoms with Crippen molar-refractivity contribution in [2.24, 2.45) is 17.8 Å². The molecule has 2 saturated heterocycles. The fourth-order valence-corrected chi connectivity index (χ4v) is 11.8. The summed E-state index contributed by atoms with van der Waals surface area (Å²) in [7, 11) is 1.23. The third-order valence-corrected chi connectivity index (χ3v) is 18.3. The van der Waals surface area contributed by atoms with Crippen LogP contribution in [0.25, 0.3) is 0 Å². The number of hydrogen-bond acceptors (Lipinski definition) is 36. The van der Waals surface area contributed by atoms with E-state index in [2.05, 4.69) is 21.4 Å². The number of methoxy groups -OCH3 is 1. The van der Waals surface area contributed by atoms with Gasteiger partial charge in [0.15, 0.2) is 18.0 Å². The molecule has 2 aliphatic rings. The summed E-state index contributed by atoms with van der Waals surface area (Å²) in [6, 6.07) is 8.20. The molecular weight excluding hydrogens is 1640 g/mol. The van der Waals surface area contributed by atoms with E-state index >= 15 is 0 Å². The molecule has 0 unspecified atom stereocenters. The smallest absolute Gasteiger partial charge is 0.431 e. The van der Waals surface area contributed by atoms with Gasteiger partial charge in [0.2, 0.25) is 24.6 Å². The van der Waals surface area contributed by atoms with Gasteiger partial charge in [0.05, 0.1) is 176 Å². The maximum atomic E-state index is 13.6. The second-order valence-corrected chi connectivity index (χ2v) is 29.5. The van der Waals surface area contributed by atoms with E-state index in [4.69, 9.17) is 114 Å². The van der Waals surface area contributed by atoms with E-state index in [1.54, 1.807) is 60.6 Å². The maximum absolute atomic E-state index is 13.6. The number of rotatable bonds is 66. The van der Waals surface area contributed by atoms with Crippen LogP contribution in [0.1, 0.15) is 153 Å². The van der Waals surface area contributed by atoms with E-state index in [0.29, 0.717) is 63.6 Å². The van der Waals surface area contributed by atoms with Crippen LogP contribution in [0.2, 0.25) is 0 Å². The Labute approximate surface area is 724 Å². The van der Waals surface area contributed by atoms with E-state index in [1.807, 2.05) is 0 Å². The Morgan fingerprint density at radius 1 is 0.435 bits per heavy atom. The van der Waals surface area contributed by atoms with Crippen molar-refractivity contribution >= 4 is 71.2 Å². The third-order valence-electron chi connectivity index (χ3n) is 18.3. The summed E-state index contributed by atoms with van der Waals surface area (Å²) in [6.07, 6.45) is -6.76. The van der Waals surface area contributed by atoms with Crippen molar-refractivity contribution in [3.05, 3.63) is 58.7 Å². The second kappa shape index (κ2) is 62.4. The minimum absolute atomic E-state index is 0.0265. The molecule has 124 heavy (non-hydrogen) atoms. The molecule has 11 atom stereocenters. The maximum Gasteiger partial charge on any atom is 0.431 e. The van der Waals surface area contributed by atoms with Crippen LogP contribution in [0.4, 0.5) is 4.79 Å². The lowest BCUT2D eigenvalue weighted by Gasteiger charge is -2.43. The summed E-state index contributed by atoms with van der Waals surface area (Å²) in [5.41, 5.74) is 2.55. The van der Waals surface area contributed by atoms with E-state index < -0.39 is 126 Å². The number of esters is 6. The Balaban J connectivity index is 1.05. The highest BCUT2D eigenvalue weighted by molar-refractivity contribution is 5.98. The predicted molar refractivity (Wildman–Crippen MR) is 434 cm³/mol. The first kappa shape index (κ1) is 108. The van der Waals surface area contributed by atoms with Crippen LogP contribution in [-0.2, 0) is 161 Å². The van der Waals surface area contributed by atoms with Gasteiger partial charge in [-0.3, -0.25) is 52.8 Å². The molecular formula is C84H130N4O36. The van der Waals surface area contributed by atoms with Crippen LogP contribution in [0.5, 0.6) is 11.5 Å². The number of nitrogens with one attached hydrogen (secondary N) is 4. The molecule has 2 aromatic carbocycles. The van der Waals surface area contributed by atoms with Gasteiger partial charge in [-0.15, -0.1) is 0 Å². The third kappa shape index (κ3) is 46.5. The lowest BCUT2D eigenvalue weighted by molar-refractivity contribution is -0.263. The summed E-state index contributed by atoms with van der Waals surface area (Å²) in [5, 5.41) is 8.27. The second-order valence-electron chi connectivity index (χ2n) is 29.5. The number of ketones is 2. The van der Waals surface area contributed by atoms with Crippen molar-refractivity contribution in [2.75, 3.05) is 185 Å². The molecule has 2 fully saturated rings. The minimum Gasteiger partial charge on any atom is -0.467 e. The lowest BCUT2D eigenvalue weighted by atomic mass is 9.83. The van der Waals surface area contributed by atoms with Crippen molar-refractivity contribution in [3.8, 4) is 11.5 Å². The molecule has 2 heterocycles. The summed E-state index contributed by atoms with van der Waals surface area (Å²) in [6.45, 7) is 23.5. The first-order valence-electron chi connectivity index (χ1n) is 41.6. The number of carbonyl (C=O) groups excluding carboxylic acids is 12. The van der Waals surface area contributed by atoms with Gasteiger partial charge < -0.3 is 125 Å². The van der Waals surface area contributed by atoms with Crippen LogP contribution >= 0.6 is 0 Å². The molecule has 0 saturated carbocycles. The van der Waals surface area contributed by atoms with Crippen LogP contribution in [0, 0.1) is 17.8 Å². The fourth-order valence-electron chi connectivity index (χ4n) is 11.8. The van der Waals surface area contributed by atoms with Crippen molar-refractivity contribution in [1.82, 2.24) is 21.4 Å². The van der Waals surface area contributed by atoms with E-state index in [-0.39, 0.29) is 218 Å². The number of ether oxygens (including phenoxy) is 23. The molecule has 40 heteroatoms. The molecule has 0 aliphatic carbocycles. The fraction of sp³-hybridized carbons (Fsp3) is 0.714. The Morgan fingerprint density at radius 3 is 1.27 bits per heavy atom. The van der Waals surface area contributed by atoms with E-state index in [0.717, 1.165) is 0 Å². The van der Waals surface area contributed by atoms with Gasteiger partial charge in [-0.1, -0.05) is 32.9 Å². The van der Waals surface area contributed by atoms with Crippen LogP contribution in [0.15, 0.2) is 36.4 Å². The Morgan fingerprint density at radius 2 is 0.839 bits per heavy atom. The zero-order valence-corrected chi connectivity index (χ0v) is 73.8. The highest BCUT2D eigenvalue weighted by atomic mass is 16.7. The molecule has 0 bridgehead atoms. The summed E-state index contributed by atoms with van der Waals surface area (Å²) >= 11 is 0. The number of hydrogen-bond donors (Lipinski definition) is 4.